The highest BCUT2D eigenvalue weighted by Crippen LogP contribution is 2.22. The Hall–Kier alpha value is -5.76. The fraction of sp³-hybridized carbons (Fsp3) is 0.179. The number of aryl methyl sites for hydroxylation is 2. The number of rotatable bonds is 12. The Morgan fingerprint density at radius 3 is 1.45 bits per heavy atom. The van der Waals surface area contributed by atoms with Gasteiger partial charge in [-0.15, -0.1) is 0 Å². The second-order valence-corrected chi connectivity index (χ2v) is 11.3. The van der Waals surface area contributed by atoms with Crippen LogP contribution in [0.1, 0.15) is 39.8 Å². The number of benzene rings is 4. The number of esters is 2. The molecule has 0 saturated heterocycles. The minimum absolute atomic E-state index is 0.0443. The molecule has 47 heavy (non-hydrogen) atoms. The Balaban J connectivity index is 0.924. The molecule has 0 saturated carbocycles. The third-order valence-corrected chi connectivity index (χ3v) is 7.80. The van der Waals surface area contributed by atoms with Gasteiger partial charge in [0.05, 0.1) is 11.0 Å². The number of pyridine rings is 2. The molecule has 0 spiro atoms. The number of hydrogen-bond acceptors (Lipinski definition) is 8. The molecule has 0 unspecified atom stereocenters. The molecule has 4 aromatic carbocycles. The molecule has 8 nitrogen and oxygen atoms in total. The molecule has 0 amide bonds. The SMILES string of the molecule is Cc1cc(OCc2cnc3ccccc3c2)ccc1COC(=O)CC(=O)OCc1ccc(OCc2cnc3ccccc3c2)cc1C. The Morgan fingerprint density at radius 2 is 1.00 bits per heavy atom. The summed E-state index contributed by atoms with van der Waals surface area (Å²) in [6.07, 6.45) is 3.15. The predicted octanol–water partition coefficient (Wildman–Crippen LogP) is 7.73. The number of para-hydroxylation sites is 2. The lowest BCUT2D eigenvalue weighted by Crippen LogP contribution is -2.14. The van der Waals surface area contributed by atoms with Crippen LogP contribution in [0.15, 0.2) is 109 Å². The maximum absolute atomic E-state index is 12.4. The fourth-order valence-corrected chi connectivity index (χ4v) is 5.10. The number of carbonyl (C=O) groups is 2. The smallest absolute Gasteiger partial charge is 0.317 e. The van der Waals surface area contributed by atoms with E-state index in [1.807, 2.05) is 111 Å². The highest BCUT2D eigenvalue weighted by Gasteiger charge is 2.14. The summed E-state index contributed by atoms with van der Waals surface area (Å²) in [7, 11) is 0. The number of aromatic nitrogens is 2. The van der Waals surface area contributed by atoms with E-state index in [1.165, 1.54) is 0 Å². The molecule has 0 fully saturated rings. The van der Waals surface area contributed by atoms with Gasteiger partial charge in [0.1, 0.15) is 44.3 Å². The van der Waals surface area contributed by atoms with Gasteiger partial charge in [-0.25, -0.2) is 0 Å². The molecule has 0 aliphatic heterocycles. The monoisotopic (exact) mass is 626 g/mol. The van der Waals surface area contributed by atoms with Crippen molar-refractivity contribution in [1.29, 1.82) is 0 Å². The van der Waals surface area contributed by atoms with Crippen molar-refractivity contribution in [2.45, 2.75) is 46.7 Å². The van der Waals surface area contributed by atoms with Crippen LogP contribution in [-0.2, 0) is 45.5 Å². The highest BCUT2D eigenvalue weighted by atomic mass is 16.6. The lowest BCUT2D eigenvalue weighted by Gasteiger charge is -2.12. The van der Waals surface area contributed by atoms with Gasteiger partial charge in [-0.1, -0.05) is 48.5 Å². The molecule has 0 aliphatic carbocycles. The number of hydrogen-bond donors (Lipinski definition) is 0. The van der Waals surface area contributed by atoms with Crippen LogP contribution in [0.5, 0.6) is 11.5 Å². The van der Waals surface area contributed by atoms with Gasteiger partial charge in [-0.3, -0.25) is 19.6 Å². The normalized spacial score (nSPS) is 10.9. The third-order valence-electron chi connectivity index (χ3n) is 7.80. The summed E-state index contributed by atoms with van der Waals surface area (Å²) in [5.41, 5.74) is 7.28. The molecule has 2 heterocycles. The molecule has 0 radical (unpaired) electrons. The average molecular weight is 627 g/mol. The lowest BCUT2D eigenvalue weighted by molar-refractivity contribution is -0.156. The molecule has 6 rings (SSSR count). The zero-order chi connectivity index (χ0) is 32.6. The first-order valence-corrected chi connectivity index (χ1v) is 15.3. The van der Waals surface area contributed by atoms with Crippen LogP contribution in [0.4, 0.5) is 0 Å². The number of carbonyl (C=O) groups excluding carboxylic acids is 2. The minimum atomic E-state index is -0.651. The lowest BCUT2D eigenvalue weighted by atomic mass is 10.1. The molecule has 0 bridgehead atoms. The molecule has 0 N–H and O–H groups in total. The fourth-order valence-electron chi connectivity index (χ4n) is 5.10. The van der Waals surface area contributed by atoms with Crippen molar-refractivity contribution in [2.75, 3.05) is 0 Å². The van der Waals surface area contributed by atoms with Gasteiger partial charge in [0, 0.05) is 34.3 Å². The topological polar surface area (TPSA) is 96.8 Å². The minimum Gasteiger partial charge on any atom is -0.489 e. The van der Waals surface area contributed by atoms with E-state index in [-0.39, 0.29) is 13.2 Å². The van der Waals surface area contributed by atoms with Gasteiger partial charge in [0.25, 0.3) is 0 Å². The molecule has 0 atom stereocenters. The van der Waals surface area contributed by atoms with E-state index in [0.717, 1.165) is 55.2 Å². The summed E-state index contributed by atoms with van der Waals surface area (Å²) in [6.45, 7) is 4.69. The number of nitrogens with zero attached hydrogens (tertiary/aromatic N) is 2. The molecular weight excluding hydrogens is 592 g/mol. The van der Waals surface area contributed by atoms with E-state index in [0.29, 0.717) is 24.7 Å². The Kier molecular flexibility index (Phi) is 9.67. The summed E-state index contributed by atoms with van der Waals surface area (Å²) < 4.78 is 22.6. The summed E-state index contributed by atoms with van der Waals surface area (Å²) in [4.78, 5) is 33.7. The van der Waals surface area contributed by atoms with Crippen LogP contribution in [0.2, 0.25) is 0 Å². The zero-order valence-corrected chi connectivity index (χ0v) is 26.3. The Morgan fingerprint density at radius 1 is 0.553 bits per heavy atom. The van der Waals surface area contributed by atoms with E-state index >= 15 is 0 Å². The molecule has 2 aromatic heterocycles. The summed E-state index contributed by atoms with van der Waals surface area (Å²) in [5.74, 6) is 0.0993. The number of fused-ring (bicyclic) bond motifs is 2. The summed E-state index contributed by atoms with van der Waals surface area (Å²) >= 11 is 0. The van der Waals surface area contributed by atoms with Crippen LogP contribution in [0.3, 0.4) is 0 Å². The van der Waals surface area contributed by atoms with Crippen LogP contribution in [-0.4, -0.2) is 21.9 Å². The third kappa shape index (κ3) is 8.29. The summed E-state index contributed by atoms with van der Waals surface area (Å²) in [5, 5.41) is 2.12. The quantitative estimate of drug-likeness (QED) is 0.101. The second-order valence-electron chi connectivity index (χ2n) is 11.3. The van der Waals surface area contributed by atoms with Gasteiger partial charge in [0.15, 0.2) is 0 Å². The summed E-state index contributed by atoms with van der Waals surface area (Å²) in [6, 6.07) is 31.2. The molecule has 8 heteroatoms. The van der Waals surface area contributed by atoms with Crippen LogP contribution in [0, 0.1) is 13.8 Å². The van der Waals surface area contributed by atoms with Gasteiger partial charge in [-0.05, 0) is 84.6 Å². The Bertz CT molecular complexity index is 1910. The van der Waals surface area contributed by atoms with Crippen molar-refractivity contribution in [3.8, 4) is 11.5 Å². The van der Waals surface area contributed by atoms with Gasteiger partial charge in [-0.2, -0.15) is 0 Å². The van der Waals surface area contributed by atoms with Crippen molar-refractivity contribution in [3.63, 3.8) is 0 Å². The first-order chi connectivity index (χ1) is 22.9. The first-order valence-electron chi connectivity index (χ1n) is 15.3. The maximum atomic E-state index is 12.4. The van der Waals surface area contributed by atoms with E-state index in [2.05, 4.69) is 22.1 Å². The molecule has 0 aliphatic rings. The van der Waals surface area contributed by atoms with Crippen molar-refractivity contribution >= 4 is 33.7 Å². The zero-order valence-electron chi connectivity index (χ0n) is 26.3. The highest BCUT2D eigenvalue weighted by molar-refractivity contribution is 5.91. The van der Waals surface area contributed by atoms with Gasteiger partial charge >= 0.3 is 11.9 Å². The van der Waals surface area contributed by atoms with Crippen molar-refractivity contribution < 1.29 is 28.5 Å². The van der Waals surface area contributed by atoms with Gasteiger partial charge < -0.3 is 18.9 Å². The maximum Gasteiger partial charge on any atom is 0.317 e. The predicted molar refractivity (Wildman–Crippen MR) is 179 cm³/mol. The van der Waals surface area contributed by atoms with Crippen molar-refractivity contribution in [3.05, 3.63) is 143 Å². The van der Waals surface area contributed by atoms with E-state index < -0.39 is 18.4 Å². The van der Waals surface area contributed by atoms with Crippen LogP contribution >= 0.6 is 0 Å². The van der Waals surface area contributed by atoms with E-state index in [9.17, 15) is 9.59 Å². The van der Waals surface area contributed by atoms with Gasteiger partial charge in [0.2, 0.25) is 0 Å². The molecule has 236 valence electrons. The van der Waals surface area contributed by atoms with Crippen LogP contribution < -0.4 is 9.47 Å². The van der Waals surface area contributed by atoms with Crippen molar-refractivity contribution in [1.82, 2.24) is 9.97 Å². The standard InChI is InChI=1S/C39H34N2O6/c1-26-15-34(44-22-28-17-30-7-3-5-9-36(30)40-20-28)13-11-32(26)24-46-38(42)19-39(43)47-25-33-12-14-35(16-27(33)2)45-23-29-18-31-8-4-6-10-37(31)41-21-29/h3-18,20-21H,19,22-25H2,1-2H3. The first kappa shape index (κ1) is 31.2. The molecule has 6 aromatic rings. The second kappa shape index (κ2) is 14.6. The van der Waals surface area contributed by atoms with E-state index in [4.69, 9.17) is 18.9 Å². The van der Waals surface area contributed by atoms with Crippen molar-refractivity contribution in [2.24, 2.45) is 0 Å². The number of ether oxygens (including phenoxy) is 4. The van der Waals surface area contributed by atoms with E-state index in [1.54, 1.807) is 0 Å². The Labute approximate surface area is 272 Å². The van der Waals surface area contributed by atoms with Crippen LogP contribution in [0.25, 0.3) is 21.8 Å². The molecular formula is C39H34N2O6. The average Bonchev–Trinajstić information content (AvgIpc) is 3.08. The largest absolute Gasteiger partial charge is 0.489 e.